The second-order valence-electron chi connectivity index (χ2n) is 5.94. The molecule has 2 aromatic carbocycles. The van der Waals surface area contributed by atoms with Crippen LogP contribution in [0.3, 0.4) is 0 Å². The Balaban J connectivity index is 1.75. The summed E-state index contributed by atoms with van der Waals surface area (Å²) in [6, 6.07) is 16.1. The number of hydrogen-bond acceptors (Lipinski definition) is 3. The van der Waals surface area contributed by atoms with E-state index in [1.54, 1.807) is 0 Å². The number of rotatable bonds is 4. The molecule has 0 aliphatic carbocycles. The third kappa shape index (κ3) is 3.25. The molecule has 0 unspecified atom stereocenters. The maximum absolute atomic E-state index is 11.0. The van der Waals surface area contributed by atoms with Gasteiger partial charge in [-0.3, -0.25) is 4.90 Å². The molecule has 0 spiro atoms. The van der Waals surface area contributed by atoms with Crippen LogP contribution in [0.2, 0.25) is 0 Å². The summed E-state index contributed by atoms with van der Waals surface area (Å²) >= 11 is 3.42. The molecular weight excluding hydrogens is 342 g/mol. The second-order valence-corrected chi connectivity index (χ2v) is 6.80. The zero-order valence-electron chi connectivity index (χ0n) is 12.4. The van der Waals surface area contributed by atoms with Gasteiger partial charge in [-0.15, -0.1) is 0 Å². The largest absolute Gasteiger partial charge is 0.392 e. The van der Waals surface area contributed by atoms with Crippen molar-refractivity contribution in [1.82, 2.24) is 4.90 Å². The van der Waals surface area contributed by atoms with Gasteiger partial charge in [0, 0.05) is 24.1 Å². The summed E-state index contributed by atoms with van der Waals surface area (Å²) in [6.07, 6.45) is 0.715. The van der Waals surface area contributed by atoms with E-state index in [4.69, 9.17) is 0 Å². The number of aliphatic hydroxyl groups is 2. The average molecular weight is 362 g/mol. The van der Waals surface area contributed by atoms with Gasteiger partial charge in [-0.05, 0) is 35.2 Å². The molecule has 0 aromatic heterocycles. The second kappa shape index (κ2) is 6.50. The van der Waals surface area contributed by atoms with Gasteiger partial charge < -0.3 is 10.2 Å². The summed E-state index contributed by atoms with van der Waals surface area (Å²) in [6.45, 7) is 2.31. The van der Waals surface area contributed by atoms with Crippen LogP contribution in [0.4, 0.5) is 0 Å². The van der Waals surface area contributed by atoms with Crippen molar-refractivity contribution in [3.63, 3.8) is 0 Å². The van der Waals surface area contributed by atoms with Crippen LogP contribution in [0.25, 0.3) is 0 Å². The first kappa shape index (κ1) is 15.7. The molecule has 0 saturated carbocycles. The number of likely N-dealkylation sites (tertiary alicyclic amines) is 1. The number of nitrogens with zero attached hydrogens (tertiary/aromatic N) is 1. The lowest BCUT2D eigenvalue weighted by Gasteiger charge is -2.25. The van der Waals surface area contributed by atoms with E-state index >= 15 is 0 Å². The van der Waals surface area contributed by atoms with Gasteiger partial charge in [0.2, 0.25) is 0 Å². The summed E-state index contributed by atoms with van der Waals surface area (Å²) in [7, 11) is 0. The monoisotopic (exact) mass is 361 g/mol. The van der Waals surface area contributed by atoms with Crippen molar-refractivity contribution in [1.29, 1.82) is 0 Å². The summed E-state index contributed by atoms with van der Waals surface area (Å²) in [5.74, 6) is 0. The molecule has 22 heavy (non-hydrogen) atoms. The Bertz CT molecular complexity index is 647. The third-order valence-electron chi connectivity index (χ3n) is 4.33. The minimum atomic E-state index is -0.834. The molecule has 1 heterocycles. The highest BCUT2D eigenvalue weighted by Crippen LogP contribution is 2.34. The van der Waals surface area contributed by atoms with E-state index in [1.165, 1.54) is 5.56 Å². The molecular formula is C18H20BrNO2. The zero-order chi connectivity index (χ0) is 15.6. The Morgan fingerprint density at radius 3 is 2.64 bits per heavy atom. The standard InChI is InChI=1S/C18H20BrNO2/c19-17-7-6-16(10-15(17)12-21)18(22)8-9-20(13-18)11-14-4-2-1-3-5-14/h1-7,10,21-22H,8-9,11-13H2/t18-/m0/s1. The van der Waals surface area contributed by atoms with E-state index in [9.17, 15) is 10.2 Å². The van der Waals surface area contributed by atoms with Crippen LogP contribution in [0.15, 0.2) is 53.0 Å². The molecule has 0 radical (unpaired) electrons. The number of hydrogen-bond donors (Lipinski definition) is 2. The SMILES string of the molecule is OCc1cc([C@]2(O)CCN(Cc3ccccc3)C2)ccc1Br. The van der Waals surface area contributed by atoms with Crippen molar-refractivity contribution < 1.29 is 10.2 Å². The zero-order valence-corrected chi connectivity index (χ0v) is 14.0. The number of aliphatic hydroxyl groups excluding tert-OH is 1. The first-order valence-corrected chi connectivity index (χ1v) is 8.28. The van der Waals surface area contributed by atoms with E-state index < -0.39 is 5.60 Å². The van der Waals surface area contributed by atoms with Gasteiger partial charge in [-0.2, -0.15) is 0 Å². The van der Waals surface area contributed by atoms with Gasteiger partial charge in [-0.25, -0.2) is 0 Å². The fourth-order valence-corrected chi connectivity index (χ4v) is 3.44. The minimum absolute atomic E-state index is 0.0295. The van der Waals surface area contributed by atoms with Crippen LogP contribution < -0.4 is 0 Å². The van der Waals surface area contributed by atoms with Crippen molar-refractivity contribution in [2.45, 2.75) is 25.2 Å². The quantitative estimate of drug-likeness (QED) is 0.879. The number of halogens is 1. The highest BCUT2D eigenvalue weighted by molar-refractivity contribution is 9.10. The molecule has 1 aliphatic rings. The smallest absolute Gasteiger partial charge is 0.103 e. The summed E-state index contributed by atoms with van der Waals surface area (Å²) < 4.78 is 0.876. The number of β-amino-alcohol motifs (C(OH)–C–C–N with tert-alkyl or cyclic N) is 1. The molecule has 0 amide bonds. The molecule has 0 bridgehead atoms. The Labute approximate surface area is 139 Å². The lowest BCUT2D eigenvalue weighted by molar-refractivity contribution is 0.0451. The summed E-state index contributed by atoms with van der Waals surface area (Å²) in [5.41, 5.74) is 2.13. The maximum Gasteiger partial charge on any atom is 0.103 e. The predicted octanol–water partition coefficient (Wildman–Crippen LogP) is 3.03. The highest BCUT2D eigenvalue weighted by atomic mass is 79.9. The van der Waals surface area contributed by atoms with Crippen LogP contribution in [0.1, 0.15) is 23.1 Å². The van der Waals surface area contributed by atoms with E-state index in [-0.39, 0.29) is 6.61 Å². The van der Waals surface area contributed by atoms with Crippen molar-refractivity contribution in [2.24, 2.45) is 0 Å². The van der Waals surface area contributed by atoms with Crippen molar-refractivity contribution >= 4 is 15.9 Å². The lowest BCUT2D eigenvalue weighted by Crippen LogP contribution is -2.30. The fourth-order valence-electron chi connectivity index (χ4n) is 3.07. The van der Waals surface area contributed by atoms with Gasteiger partial charge in [-0.1, -0.05) is 52.3 Å². The third-order valence-corrected chi connectivity index (χ3v) is 5.10. The summed E-state index contributed by atoms with van der Waals surface area (Å²) in [4.78, 5) is 2.27. The topological polar surface area (TPSA) is 43.7 Å². The lowest BCUT2D eigenvalue weighted by atomic mass is 9.92. The molecule has 3 rings (SSSR count). The number of benzene rings is 2. The highest BCUT2D eigenvalue weighted by Gasteiger charge is 2.37. The van der Waals surface area contributed by atoms with Crippen LogP contribution in [-0.4, -0.2) is 28.2 Å². The van der Waals surface area contributed by atoms with E-state index in [0.29, 0.717) is 13.0 Å². The Morgan fingerprint density at radius 2 is 1.91 bits per heavy atom. The van der Waals surface area contributed by atoms with Crippen molar-refractivity contribution in [2.75, 3.05) is 13.1 Å². The molecule has 2 aromatic rings. The van der Waals surface area contributed by atoms with Crippen LogP contribution in [0, 0.1) is 0 Å². The van der Waals surface area contributed by atoms with Crippen LogP contribution in [-0.2, 0) is 18.8 Å². The first-order valence-electron chi connectivity index (χ1n) is 7.49. The van der Waals surface area contributed by atoms with Gasteiger partial charge in [0.25, 0.3) is 0 Å². The van der Waals surface area contributed by atoms with Crippen molar-refractivity contribution in [3.8, 4) is 0 Å². The van der Waals surface area contributed by atoms with E-state index in [1.807, 2.05) is 36.4 Å². The average Bonchev–Trinajstić information content (AvgIpc) is 2.91. The molecule has 1 atom stereocenters. The normalized spacial score (nSPS) is 22.1. The van der Waals surface area contributed by atoms with E-state index in [0.717, 1.165) is 28.7 Å². The molecule has 4 heteroatoms. The van der Waals surface area contributed by atoms with Gasteiger partial charge in [0.15, 0.2) is 0 Å². The Hall–Kier alpha value is -1.20. The molecule has 1 saturated heterocycles. The first-order chi connectivity index (χ1) is 10.6. The molecule has 1 aliphatic heterocycles. The Morgan fingerprint density at radius 1 is 1.14 bits per heavy atom. The van der Waals surface area contributed by atoms with Gasteiger partial charge in [0.05, 0.1) is 6.61 Å². The molecule has 116 valence electrons. The molecule has 1 fully saturated rings. The molecule has 2 N–H and O–H groups in total. The van der Waals surface area contributed by atoms with Gasteiger partial charge in [0.1, 0.15) is 5.60 Å². The maximum atomic E-state index is 11.0. The van der Waals surface area contributed by atoms with Crippen LogP contribution in [0.5, 0.6) is 0 Å². The Kier molecular flexibility index (Phi) is 4.64. The van der Waals surface area contributed by atoms with Crippen molar-refractivity contribution in [3.05, 3.63) is 69.7 Å². The summed E-state index contributed by atoms with van der Waals surface area (Å²) in [5, 5.41) is 20.4. The molecule has 3 nitrogen and oxygen atoms in total. The van der Waals surface area contributed by atoms with Gasteiger partial charge >= 0.3 is 0 Å². The fraction of sp³-hybridized carbons (Fsp3) is 0.333. The predicted molar refractivity (Wildman–Crippen MR) is 90.3 cm³/mol. The van der Waals surface area contributed by atoms with Crippen LogP contribution >= 0.6 is 15.9 Å². The van der Waals surface area contributed by atoms with E-state index in [2.05, 4.69) is 33.0 Å². The minimum Gasteiger partial charge on any atom is -0.392 e.